The Morgan fingerprint density at radius 1 is 1.06 bits per heavy atom. The van der Waals surface area contributed by atoms with Crippen LogP contribution in [0.4, 0.5) is 0 Å². The van der Waals surface area contributed by atoms with Gasteiger partial charge in [-0.3, -0.25) is 9.59 Å². The smallest absolute Gasteiger partial charge is 0.305 e. The Morgan fingerprint density at radius 3 is 2.69 bits per heavy atom. The number of rotatable bonds is 13. The number of hydrogen-bond acceptors (Lipinski definition) is 4. The molecule has 0 aliphatic carbocycles. The summed E-state index contributed by atoms with van der Waals surface area (Å²) < 4.78 is 5.86. The molecular weight excluding hydrogens is 422 g/mol. The van der Waals surface area contributed by atoms with Gasteiger partial charge in [-0.1, -0.05) is 56.5 Å². The number of carbonyl (C=O) groups is 2. The minimum absolute atomic E-state index is 0.101. The van der Waals surface area contributed by atoms with Gasteiger partial charge in [0.1, 0.15) is 11.2 Å². The summed E-state index contributed by atoms with van der Waals surface area (Å²) in [6.45, 7) is 2.18. The van der Waals surface area contributed by atoms with Crippen LogP contribution >= 0.6 is 11.8 Å². The van der Waals surface area contributed by atoms with E-state index in [1.165, 1.54) is 19.3 Å². The molecule has 0 saturated carbocycles. The number of carbonyl (C=O) groups excluding carboxylic acids is 1. The monoisotopic (exact) mass is 453 g/mol. The molecule has 0 aliphatic heterocycles. The van der Waals surface area contributed by atoms with E-state index in [1.54, 1.807) is 11.8 Å². The first kappa shape index (κ1) is 23.9. The number of unbranched alkanes of at least 4 members (excludes halogenated alkanes) is 4. The zero-order valence-electron chi connectivity index (χ0n) is 18.5. The van der Waals surface area contributed by atoms with Crippen LogP contribution in [0.5, 0.6) is 0 Å². The molecule has 0 saturated heterocycles. The Kier molecular flexibility index (Phi) is 9.23. The number of fused-ring (bicyclic) bond motifs is 3. The summed E-state index contributed by atoms with van der Waals surface area (Å²) in [5.41, 5.74) is 1.67. The van der Waals surface area contributed by atoms with Crippen molar-refractivity contribution >= 4 is 45.6 Å². The number of amides is 1. The second-order valence-corrected chi connectivity index (χ2v) is 9.05. The van der Waals surface area contributed by atoms with Crippen molar-refractivity contribution in [3.05, 3.63) is 54.6 Å². The van der Waals surface area contributed by atoms with Crippen molar-refractivity contribution in [3.63, 3.8) is 0 Å². The molecule has 1 atom stereocenters. The van der Waals surface area contributed by atoms with E-state index in [-0.39, 0.29) is 18.7 Å². The average molecular weight is 454 g/mol. The number of benzene rings is 2. The van der Waals surface area contributed by atoms with Gasteiger partial charge in [-0.15, -0.1) is 11.8 Å². The molecule has 0 unspecified atom stereocenters. The fraction of sp³-hybridized carbons (Fsp3) is 0.385. The van der Waals surface area contributed by atoms with Crippen LogP contribution in [0.3, 0.4) is 0 Å². The van der Waals surface area contributed by atoms with Gasteiger partial charge in [-0.05, 0) is 37.1 Å². The summed E-state index contributed by atoms with van der Waals surface area (Å²) in [6.07, 6.45) is 9.88. The standard InChI is InChI=1S/C26H31NO4S/c1-2-3-4-5-6-7-8-13-25(28)27-19(16-26(29)30)18-32-20-14-15-24-22(17-20)21-11-9-10-12-23(21)31-24/h7-12,14-15,17,19H,2-6,13,16,18H2,1H3,(H,27,28)(H,29,30)/b8-7+/t19-/m0/s1. The second-order valence-electron chi connectivity index (χ2n) is 7.95. The average Bonchev–Trinajstić information content (AvgIpc) is 3.14. The van der Waals surface area contributed by atoms with Crippen molar-refractivity contribution in [2.45, 2.75) is 62.8 Å². The molecule has 5 nitrogen and oxygen atoms in total. The van der Waals surface area contributed by atoms with Crippen LogP contribution in [0.15, 0.2) is 63.9 Å². The largest absolute Gasteiger partial charge is 0.481 e. The van der Waals surface area contributed by atoms with E-state index in [0.29, 0.717) is 5.75 Å². The molecule has 1 heterocycles. The molecule has 2 aromatic carbocycles. The summed E-state index contributed by atoms with van der Waals surface area (Å²) >= 11 is 1.54. The molecule has 170 valence electrons. The maximum atomic E-state index is 12.3. The minimum atomic E-state index is -0.918. The Labute approximate surface area is 193 Å². The zero-order chi connectivity index (χ0) is 22.8. The Morgan fingerprint density at radius 2 is 1.88 bits per heavy atom. The number of thioether (sulfide) groups is 1. The highest BCUT2D eigenvalue weighted by molar-refractivity contribution is 7.99. The number of aliphatic carboxylic acids is 1. The second kappa shape index (κ2) is 12.3. The summed E-state index contributed by atoms with van der Waals surface area (Å²) in [4.78, 5) is 24.6. The molecule has 1 aromatic heterocycles. The lowest BCUT2D eigenvalue weighted by molar-refractivity contribution is -0.137. The third kappa shape index (κ3) is 7.16. The van der Waals surface area contributed by atoms with Gasteiger partial charge in [-0.25, -0.2) is 0 Å². The van der Waals surface area contributed by atoms with Gasteiger partial charge in [0.2, 0.25) is 5.91 Å². The molecule has 3 aromatic rings. The summed E-state index contributed by atoms with van der Waals surface area (Å²) in [7, 11) is 0. The third-order valence-corrected chi connectivity index (χ3v) is 6.44. The first-order valence-corrected chi connectivity index (χ1v) is 12.3. The first-order valence-electron chi connectivity index (χ1n) is 11.3. The first-order chi connectivity index (χ1) is 15.6. The predicted octanol–water partition coefficient (Wildman–Crippen LogP) is 6.55. The summed E-state index contributed by atoms with van der Waals surface area (Å²) in [5.74, 6) is -0.573. The molecule has 0 spiro atoms. The van der Waals surface area contributed by atoms with E-state index in [1.807, 2.05) is 48.6 Å². The number of allylic oxidation sites excluding steroid dienone is 1. The molecule has 3 rings (SSSR count). The summed E-state index contributed by atoms with van der Waals surface area (Å²) in [5, 5.41) is 14.2. The van der Waals surface area contributed by atoms with Crippen molar-refractivity contribution < 1.29 is 19.1 Å². The molecule has 2 N–H and O–H groups in total. The van der Waals surface area contributed by atoms with Gasteiger partial charge in [-0.2, -0.15) is 0 Å². The maximum Gasteiger partial charge on any atom is 0.305 e. The van der Waals surface area contributed by atoms with Gasteiger partial charge in [0.25, 0.3) is 0 Å². The molecule has 0 radical (unpaired) electrons. The van der Waals surface area contributed by atoms with E-state index < -0.39 is 12.0 Å². The van der Waals surface area contributed by atoms with Crippen LogP contribution in [-0.2, 0) is 9.59 Å². The highest BCUT2D eigenvalue weighted by Gasteiger charge is 2.16. The lowest BCUT2D eigenvalue weighted by Gasteiger charge is -2.16. The lowest BCUT2D eigenvalue weighted by atomic mass is 10.1. The third-order valence-electron chi connectivity index (χ3n) is 5.28. The number of nitrogens with one attached hydrogen (secondary N) is 1. The molecular formula is C26H31NO4S. The molecule has 32 heavy (non-hydrogen) atoms. The quantitative estimate of drug-likeness (QED) is 0.174. The molecule has 0 fully saturated rings. The van der Waals surface area contributed by atoms with Crippen molar-refractivity contribution in [3.8, 4) is 0 Å². The molecule has 1 amide bonds. The van der Waals surface area contributed by atoms with Crippen LogP contribution < -0.4 is 5.32 Å². The lowest BCUT2D eigenvalue weighted by Crippen LogP contribution is -2.38. The van der Waals surface area contributed by atoms with Crippen molar-refractivity contribution in [1.82, 2.24) is 5.32 Å². The van der Waals surface area contributed by atoms with Crippen LogP contribution in [0.2, 0.25) is 0 Å². The van der Waals surface area contributed by atoms with Gasteiger partial charge in [0.05, 0.1) is 6.42 Å². The number of carboxylic acid groups (broad SMARTS) is 1. The Balaban J connectivity index is 1.55. The minimum Gasteiger partial charge on any atom is -0.481 e. The van der Waals surface area contributed by atoms with E-state index >= 15 is 0 Å². The Hall–Kier alpha value is -2.73. The van der Waals surface area contributed by atoms with Gasteiger partial charge in [0, 0.05) is 33.9 Å². The van der Waals surface area contributed by atoms with E-state index in [2.05, 4.69) is 18.3 Å². The summed E-state index contributed by atoms with van der Waals surface area (Å²) in [6, 6.07) is 13.4. The van der Waals surface area contributed by atoms with Crippen LogP contribution in [-0.4, -0.2) is 28.8 Å². The number of carboxylic acids is 1. The number of hydrogen-bond donors (Lipinski definition) is 2. The Bertz CT molecular complexity index is 1070. The van der Waals surface area contributed by atoms with Crippen molar-refractivity contribution in [2.75, 3.05) is 5.75 Å². The fourth-order valence-corrected chi connectivity index (χ4v) is 4.60. The van der Waals surface area contributed by atoms with Gasteiger partial charge < -0.3 is 14.8 Å². The van der Waals surface area contributed by atoms with Crippen molar-refractivity contribution in [2.24, 2.45) is 0 Å². The van der Waals surface area contributed by atoms with Crippen LogP contribution in [0.1, 0.15) is 51.9 Å². The molecule has 6 heteroatoms. The van der Waals surface area contributed by atoms with Crippen LogP contribution in [0, 0.1) is 0 Å². The van der Waals surface area contributed by atoms with Crippen molar-refractivity contribution in [1.29, 1.82) is 0 Å². The highest BCUT2D eigenvalue weighted by Crippen LogP contribution is 2.32. The predicted molar refractivity (Wildman–Crippen MR) is 131 cm³/mol. The van der Waals surface area contributed by atoms with Gasteiger partial charge in [0.15, 0.2) is 0 Å². The normalized spacial score (nSPS) is 12.5. The van der Waals surface area contributed by atoms with E-state index in [4.69, 9.17) is 4.42 Å². The maximum absolute atomic E-state index is 12.3. The zero-order valence-corrected chi connectivity index (χ0v) is 19.3. The highest BCUT2D eigenvalue weighted by atomic mass is 32.2. The SMILES string of the molecule is CCCCCC/C=C/CC(=O)N[C@H](CSc1ccc2oc3ccccc3c2c1)CC(=O)O. The molecule has 0 bridgehead atoms. The number of para-hydroxylation sites is 1. The van der Waals surface area contributed by atoms with E-state index in [9.17, 15) is 14.7 Å². The van der Waals surface area contributed by atoms with Gasteiger partial charge >= 0.3 is 5.97 Å². The van der Waals surface area contributed by atoms with Crippen LogP contribution in [0.25, 0.3) is 21.9 Å². The molecule has 0 aliphatic rings. The topological polar surface area (TPSA) is 79.5 Å². The fourth-order valence-electron chi connectivity index (χ4n) is 3.64. The van der Waals surface area contributed by atoms with E-state index in [0.717, 1.165) is 39.7 Å². The number of furan rings is 1.